The van der Waals surface area contributed by atoms with Crippen molar-refractivity contribution in [2.45, 2.75) is 73.1 Å². The third-order valence-corrected chi connectivity index (χ3v) is 3.51. The molecule has 2 aliphatic rings. The molecule has 0 unspecified atom stereocenters. The van der Waals surface area contributed by atoms with E-state index in [1.54, 1.807) is 16.7 Å². The van der Waals surface area contributed by atoms with E-state index in [1.807, 2.05) is 27.7 Å². The zero-order valence-corrected chi connectivity index (χ0v) is 12.2. The Bertz CT molecular complexity index is 366. The van der Waals surface area contributed by atoms with E-state index in [-0.39, 0.29) is 0 Å². The predicted octanol–water partition coefficient (Wildman–Crippen LogP) is 4.42. The Kier molecular flexibility index (Phi) is 5.67. The summed E-state index contributed by atoms with van der Waals surface area (Å²) in [7, 11) is 0. The van der Waals surface area contributed by atoms with Gasteiger partial charge < -0.3 is 0 Å². The first-order valence-corrected chi connectivity index (χ1v) is 7.36. The van der Waals surface area contributed by atoms with Gasteiger partial charge in [-0.1, -0.05) is 27.7 Å². The first-order valence-electron chi connectivity index (χ1n) is 7.36. The Morgan fingerprint density at radius 1 is 0.706 bits per heavy atom. The molecule has 0 radical (unpaired) electrons. The lowest BCUT2D eigenvalue weighted by Crippen LogP contribution is -2.00. The van der Waals surface area contributed by atoms with Gasteiger partial charge in [0.25, 0.3) is 0 Å². The van der Waals surface area contributed by atoms with Crippen molar-refractivity contribution in [2.75, 3.05) is 0 Å². The highest BCUT2D eigenvalue weighted by Gasteiger charge is 2.23. The van der Waals surface area contributed by atoms with Gasteiger partial charge in [-0.15, -0.1) is 0 Å². The summed E-state index contributed by atoms with van der Waals surface area (Å²) in [6.45, 7) is 10.2. The van der Waals surface area contributed by atoms with Crippen molar-refractivity contribution in [3.8, 4) is 0 Å². The lowest BCUT2D eigenvalue weighted by Gasteiger charge is -2.09. The maximum absolute atomic E-state index is 4.73. The van der Waals surface area contributed by atoms with Gasteiger partial charge in [0.2, 0.25) is 0 Å². The zero-order valence-electron chi connectivity index (χ0n) is 12.2. The molecule has 1 heteroatoms. The van der Waals surface area contributed by atoms with Gasteiger partial charge in [-0.2, -0.15) is 0 Å². The number of hydrogen-bond acceptors (Lipinski definition) is 1. The van der Waals surface area contributed by atoms with Gasteiger partial charge in [-0.25, -0.2) is 0 Å². The summed E-state index contributed by atoms with van der Waals surface area (Å²) in [6, 6.07) is 0. The van der Waals surface area contributed by atoms with Crippen molar-refractivity contribution in [3.05, 3.63) is 28.1 Å². The Balaban J connectivity index is 0.000000330. The molecule has 0 aromatic carbocycles. The van der Waals surface area contributed by atoms with E-state index < -0.39 is 0 Å². The average molecular weight is 233 g/mol. The van der Waals surface area contributed by atoms with Crippen LogP contribution >= 0.6 is 0 Å². The second-order valence-corrected chi connectivity index (χ2v) is 4.29. The van der Waals surface area contributed by atoms with Crippen LogP contribution in [0.5, 0.6) is 0 Å². The van der Waals surface area contributed by atoms with Crippen LogP contribution in [0.15, 0.2) is 0 Å². The van der Waals surface area contributed by atoms with Crippen LogP contribution in [0.4, 0.5) is 0 Å². The van der Waals surface area contributed by atoms with Gasteiger partial charge >= 0.3 is 0 Å². The molecule has 0 saturated heterocycles. The zero-order chi connectivity index (χ0) is 12.8. The summed E-state index contributed by atoms with van der Waals surface area (Å²) in [5.41, 5.74) is 7.62. The fourth-order valence-corrected chi connectivity index (χ4v) is 2.92. The number of aromatic nitrogens is 1. The number of aryl methyl sites for hydroxylation is 2. The largest absolute Gasteiger partial charge is 0.258 e. The Morgan fingerprint density at radius 3 is 1.94 bits per heavy atom. The monoisotopic (exact) mass is 233 g/mol. The van der Waals surface area contributed by atoms with E-state index in [0.29, 0.717) is 0 Å². The summed E-state index contributed by atoms with van der Waals surface area (Å²) >= 11 is 0. The Hall–Kier alpha value is -0.850. The molecule has 2 aliphatic carbocycles. The third-order valence-electron chi connectivity index (χ3n) is 3.51. The lowest BCUT2D eigenvalue weighted by molar-refractivity contribution is 0.877. The minimum Gasteiger partial charge on any atom is -0.258 e. The molecule has 1 aromatic rings. The molecule has 0 saturated carbocycles. The number of hydrogen-bond donors (Lipinski definition) is 0. The van der Waals surface area contributed by atoms with Crippen LogP contribution < -0.4 is 0 Å². The SMILES string of the molecule is CC.CC.Cc1nc2c(c3c1CCC3)CCC2. The second-order valence-electron chi connectivity index (χ2n) is 4.29. The standard InChI is InChI=1S/C12H15N.2C2H6/c1-8-9-4-2-5-10(9)11-6-3-7-12(11)13-8;2*1-2/h2-7H2,1H3;2*1-2H3. The number of nitrogens with zero attached hydrogens (tertiary/aromatic N) is 1. The summed E-state index contributed by atoms with van der Waals surface area (Å²) in [6.07, 6.45) is 7.81. The Labute approximate surface area is 107 Å². The van der Waals surface area contributed by atoms with E-state index in [1.165, 1.54) is 49.9 Å². The van der Waals surface area contributed by atoms with Crippen LogP contribution in [0.2, 0.25) is 0 Å². The lowest BCUT2D eigenvalue weighted by atomic mass is 10.0. The fraction of sp³-hybridized carbons (Fsp3) is 0.688. The van der Waals surface area contributed by atoms with E-state index in [4.69, 9.17) is 4.98 Å². The topological polar surface area (TPSA) is 12.9 Å². The molecular weight excluding hydrogens is 206 g/mol. The number of fused-ring (bicyclic) bond motifs is 3. The van der Waals surface area contributed by atoms with Crippen molar-refractivity contribution in [3.63, 3.8) is 0 Å². The van der Waals surface area contributed by atoms with E-state index in [9.17, 15) is 0 Å². The molecule has 1 aromatic heterocycles. The van der Waals surface area contributed by atoms with E-state index in [0.717, 1.165) is 0 Å². The quantitative estimate of drug-likeness (QED) is 0.646. The van der Waals surface area contributed by atoms with Gasteiger partial charge in [0.05, 0.1) is 0 Å². The van der Waals surface area contributed by atoms with Crippen LogP contribution in [0.3, 0.4) is 0 Å². The van der Waals surface area contributed by atoms with Crippen molar-refractivity contribution in [1.82, 2.24) is 4.98 Å². The Morgan fingerprint density at radius 2 is 1.24 bits per heavy atom. The third kappa shape index (κ3) is 2.70. The molecule has 0 aliphatic heterocycles. The molecule has 1 nitrogen and oxygen atoms in total. The summed E-state index contributed by atoms with van der Waals surface area (Å²) in [5.74, 6) is 0. The highest BCUT2D eigenvalue weighted by molar-refractivity contribution is 5.44. The number of pyridine rings is 1. The molecule has 0 bridgehead atoms. The first-order chi connectivity index (χ1) is 8.36. The van der Waals surface area contributed by atoms with Crippen molar-refractivity contribution in [1.29, 1.82) is 0 Å². The van der Waals surface area contributed by atoms with Gasteiger partial charge in [0.15, 0.2) is 0 Å². The molecular formula is C16H27N. The molecule has 0 fully saturated rings. The van der Waals surface area contributed by atoms with Gasteiger partial charge in [-0.05, 0) is 62.1 Å². The smallest absolute Gasteiger partial charge is 0.0441 e. The van der Waals surface area contributed by atoms with E-state index >= 15 is 0 Å². The normalized spacial score (nSPS) is 15.1. The number of rotatable bonds is 0. The van der Waals surface area contributed by atoms with Crippen LogP contribution in [-0.4, -0.2) is 4.98 Å². The van der Waals surface area contributed by atoms with E-state index in [2.05, 4.69) is 6.92 Å². The molecule has 0 amide bonds. The minimum absolute atomic E-state index is 1.23. The van der Waals surface area contributed by atoms with Gasteiger partial charge in [0, 0.05) is 11.4 Å². The molecule has 3 rings (SSSR count). The average Bonchev–Trinajstić information content (AvgIpc) is 3.01. The fourth-order valence-electron chi connectivity index (χ4n) is 2.92. The van der Waals surface area contributed by atoms with Gasteiger partial charge in [-0.3, -0.25) is 4.98 Å². The summed E-state index contributed by atoms with van der Waals surface area (Å²) in [5, 5.41) is 0. The first kappa shape index (κ1) is 14.2. The summed E-state index contributed by atoms with van der Waals surface area (Å²) in [4.78, 5) is 4.73. The molecule has 0 spiro atoms. The van der Waals surface area contributed by atoms with Gasteiger partial charge in [0.1, 0.15) is 0 Å². The van der Waals surface area contributed by atoms with Crippen molar-refractivity contribution < 1.29 is 0 Å². The highest BCUT2D eigenvalue weighted by Crippen LogP contribution is 2.33. The van der Waals surface area contributed by atoms with Crippen molar-refractivity contribution >= 4 is 0 Å². The predicted molar refractivity (Wildman–Crippen MR) is 75.7 cm³/mol. The molecule has 0 N–H and O–H groups in total. The maximum Gasteiger partial charge on any atom is 0.0441 e. The van der Waals surface area contributed by atoms with Crippen LogP contribution in [-0.2, 0) is 25.7 Å². The molecule has 17 heavy (non-hydrogen) atoms. The maximum atomic E-state index is 4.73. The summed E-state index contributed by atoms with van der Waals surface area (Å²) < 4.78 is 0. The van der Waals surface area contributed by atoms with Crippen LogP contribution in [0.25, 0.3) is 0 Å². The minimum atomic E-state index is 1.23. The van der Waals surface area contributed by atoms with Crippen LogP contribution in [0, 0.1) is 6.92 Å². The second kappa shape index (κ2) is 6.78. The van der Waals surface area contributed by atoms with Crippen LogP contribution in [0.1, 0.15) is 68.6 Å². The van der Waals surface area contributed by atoms with Crippen molar-refractivity contribution in [2.24, 2.45) is 0 Å². The molecule has 96 valence electrons. The molecule has 1 heterocycles. The highest BCUT2D eigenvalue weighted by atomic mass is 14.7. The molecule has 0 atom stereocenters.